The van der Waals surface area contributed by atoms with Crippen molar-refractivity contribution in [3.8, 4) is 12.1 Å². The first kappa shape index (κ1) is 67.6. The van der Waals surface area contributed by atoms with E-state index in [0.717, 1.165) is 15.2 Å². The second-order valence-electron chi connectivity index (χ2n) is 21.7. The van der Waals surface area contributed by atoms with Crippen LogP contribution < -0.4 is 33.2 Å². The van der Waals surface area contributed by atoms with Crippen LogP contribution in [0.4, 0.5) is 20.7 Å². The van der Waals surface area contributed by atoms with E-state index >= 15 is 8.78 Å². The fourth-order valence-corrected chi connectivity index (χ4v) is 13.7. The average molecular weight is 1390 g/mol. The zero-order chi connectivity index (χ0) is 63.9. The number of anilines is 2. The summed E-state index contributed by atoms with van der Waals surface area (Å²) in [5, 5.41) is 54.6. The Morgan fingerprint density at radius 2 is 1.17 bits per heavy atom. The van der Waals surface area contributed by atoms with Gasteiger partial charge in [-0.1, -0.05) is 27.7 Å². The summed E-state index contributed by atoms with van der Waals surface area (Å²) in [6, 6.07) is 5.79. The number of aliphatic hydroxyl groups is 2. The number of aliphatic hydroxyl groups excluding tert-OH is 2. The Bertz CT molecular complexity index is 3340. The molecule has 472 valence electrons. The van der Waals surface area contributed by atoms with E-state index in [1.807, 2.05) is 0 Å². The van der Waals surface area contributed by atoms with E-state index in [0.29, 0.717) is 0 Å². The van der Waals surface area contributed by atoms with Crippen LogP contribution in [0.3, 0.4) is 0 Å². The van der Waals surface area contributed by atoms with Gasteiger partial charge in [-0.25, -0.2) is 31.9 Å². The minimum atomic E-state index is -4.51. The van der Waals surface area contributed by atoms with Crippen LogP contribution in [0.25, 0.3) is 11.2 Å². The molecule has 39 heteroatoms. The predicted molar refractivity (Wildman–Crippen MR) is 294 cm³/mol. The fourth-order valence-electron chi connectivity index (χ4n) is 9.01. The first-order chi connectivity index (χ1) is 39.9. The molecule has 0 spiro atoms. The molecular formula is C47H61Br2F2N13O20P2. The van der Waals surface area contributed by atoms with Gasteiger partial charge >= 0.3 is 27.6 Å². The van der Waals surface area contributed by atoms with E-state index in [2.05, 4.69) is 67.6 Å². The number of nitrogens with one attached hydrogen (secondary N) is 4. The average Bonchev–Trinajstić information content (AvgIpc) is 1.57. The maximum Gasteiger partial charge on any atom is 0.475 e. The van der Waals surface area contributed by atoms with Gasteiger partial charge in [0.15, 0.2) is 12.2 Å². The van der Waals surface area contributed by atoms with Gasteiger partial charge in [0.2, 0.25) is 49.7 Å². The molecular weight excluding hydrogens is 1330 g/mol. The number of H-pyrrole nitrogens is 2. The number of nitrogen functional groups attached to an aromatic ring is 2. The number of hydrogen-bond acceptors (Lipinski definition) is 27. The van der Waals surface area contributed by atoms with E-state index in [-0.39, 0.29) is 80.1 Å². The zero-order valence-electron chi connectivity index (χ0n) is 46.9. The molecule has 0 aliphatic carbocycles. The van der Waals surface area contributed by atoms with E-state index in [9.17, 15) is 58.6 Å². The Balaban J connectivity index is 0.000000246. The van der Waals surface area contributed by atoms with Crippen molar-refractivity contribution in [1.29, 1.82) is 10.5 Å². The number of aromatic nitrogens is 7. The van der Waals surface area contributed by atoms with Gasteiger partial charge in [-0.3, -0.25) is 65.9 Å². The Labute approximate surface area is 502 Å². The SMILES string of the molecule is CC(C)OC(=O)CCNC(=O)[C@@H]1OP(=O)(OC[C@H]2O[C@@](C#N)(c3ccc4c(=O)[nH]c(N)nn34)C(F)(Br)[C@H]2O)OCC1(C)C.CC(C)OC(=O)CCNC(=O)[C@@H]1OP(=O)(OC[C@H]2O[C@@](C#N)(c3cnc4c(=O)[nH]c(N)nn34)C(F)(Br)[C@H]2O)OCC1(C)C. The number of rotatable bonds is 18. The first-order valence-corrected chi connectivity index (χ1v) is 30.4. The molecule has 0 radical (unpaired) electrons. The molecule has 12 atom stereocenters. The number of amides is 2. The third kappa shape index (κ3) is 13.4. The molecule has 2 amide bonds. The van der Waals surface area contributed by atoms with Crippen LogP contribution in [-0.4, -0.2) is 166 Å². The van der Waals surface area contributed by atoms with Crippen LogP contribution in [-0.2, 0) is 85.6 Å². The van der Waals surface area contributed by atoms with Crippen molar-refractivity contribution in [3.63, 3.8) is 0 Å². The number of phosphoric acid groups is 2. The summed E-state index contributed by atoms with van der Waals surface area (Å²) in [4.78, 5) is 82.1. The molecule has 4 aliphatic rings. The molecule has 8 heterocycles. The quantitative estimate of drug-likeness (QED) is 0.0399. The standard InChI is InChI=1S/C24H31BrFN6O10P.C23H30BrFN7O10P/c1-12(2)40-16(33)7-8-29-20(36)18-22(3,4)11-39-43(37,42-18)38-9-14-17(34)24(25,26)23(10-27,41-14)15-6-5-13-19(35)30-21(28)31-32(13)15;1-11(2)40-14(33)5-6-28-18(35)16-21(3,4)10-39-43(37,42-16)38-8-12-15(34)23(24,25)22(9-26,41-12)13-7-29-17-19(36)30-20(27)31-32(13)17/h5-6,12,14,17-18,34H,7-9,11H2,1-4H3,(H,29,36)(H3,28,30,31,35);7,11-12,15-16,34H,5-6,8,10H2,1-4H3,(H,28,35)(H3,27,30,31,36)/t14-,17+,18+,23+,24?,43?;12-,15+,16+,22+,23?,43?/m11/s1. The number of ether oxygens (including phenoxy) is 4. The van der Waals surface area contributed by atoms with Gasteiger partial charge in [0.25, 0.3) is 11.1 Å². The Hall–Kier alpha value is -5.89. The number of hydrogen-bond donors (Lipinski definition) is 8. The molecule has 0 aromatic carbocycles. The summed E-state index contributed by atoms with van der Waals surface area (Å²) < 4.78 is 108. The van der Waals surface area contributed by atoms with Gasteiger partial charge in [-0.15, -0.1) is 10.2 Å². The number of imidazole rings is 1. The van der Waals surface area contributed by atoms with E-state index < -0.39 is 137 Å². The maximum absolute atomic E-state index is 16.1. The third-order valence-electron chi connectivity index (χ3n) is 13.3. The number of phosphoric ester groups is 2. The number of halogens is 4. The van der Waals surface area contributed by atoms with Crippen LogP contribution in [0.5, 0.6) is 0 Å². The molecule has 0 bridgehead atoms. The second kappa shape index (κ2) is 25.3. The lowest BCUT2D eigenvalue weighted by Crippen LogP contribution is -2.50. The number of carbonyl (C=O) groups excluding carboxylic acids is 4. The van der Waals surface area contributed by atoms with Gasteiger partial charge < -0.3 is 51.3 Å². The van der Waals surface area contributed by atoms with Crippen molar-refractivity contribution >= 4 is 94.3 Å². The maximum atomic E-state index is 16.1. The number of aromatic amines is 2. The van der Waals surface area contributed by atoms with Crippen molar-refractivity contribution in [2.75, 3.05) is 51.0 Å². The van der Waals surface area contributed by atoms with Crippen molar-refractivity contribution < 1.29 is 93.4 Å². The van der Waals surface area contributed by atoms with E-state index in [4.69, 9.17) is 57.6 Å². The van der Waals surface area contributed by atoms with E-state index in [1.165, 1.54) is 12.1 Å². The second-order valence-corrected chi connectivity index (χ2v) is 27.3. The fraction of sp³-hybridized carbons (Fsp3) is 0.638. The summed E-state index contributed by atoms with van der Waals surface area (Å²) in [6.45, 7) is 10.9. The van der Waals surface area contributed by atoms with Crippen molar-refractivity contribution in [3.05, 3.63) is 50.4 Å². The highest BCUT2D eigenvalue weighted by molar-refractivity contribution is 9.10. The molecule has 33 nitrogen and oxygen atoms in total. The van der Waals surface area contributed by atoms with Crippen LogP contribution in [0, 0.1) is 33.5 Å². The third-order valence-corrected chi connectivity index (χ3v) is 18.2. The number of nitrogens with two attached hydrogens (primary N) is 2. The topological polar surface area (TPSA) is 472 Å². The highest BCUT2D eigenvalue weighted by Gasteiger charge is 2.71. The number of carbonyl (C=O) groups is 4. The molecule has 4 aromatic rings. The lowest BCUT2D eigenvalue weighted by molar-refractivity contribution is -0.149. The molecule has 86 heavy (non-hydrogen) atoms. The highest BCUT2D eigenvalue weighted by Crippen LogP contribution is 2.61. The normalized spacial score (nSPS) is 32.0. The predicted octanol–water partition coefficient (Wildman–Crippen LogP) is 1.73. The lowest BCUT2D eigenvalue weighted by Gasteiger charge is -2.39. The van der Waals surface area contributed by atoms with Crippen LogP contribution >= 0.6 is 47.5 Å². The van der Waals surface area contributed by atoms with E-state index in [1.54, 1.807) is 67.5 Å². The van der Waals surface area contributed by atoms with Gasteiger partial charge in [0, 0.05) is 23.9 Å². The number of alkyl halides is 4. The summed E-state index contributed by atoms with van der Waals surface area (Å²) in [6.07, 6.45) is -10.1. The van der Waals surface area contributed by atoms with Crippen molar-refractivity contribution in [2.45, 2.75) is 137 Å². The summed E-state index contributed by atoms with van der Waals surface area (Å²) in [5.41, 5.74) is 1.43. The minimum absolute atomic E-state index is 0.0741. The summed E-state index contributed by atoms with van der Waals surface area (Å²) in [5.74, 6) is -3.14. The van der Waals surface area contributed by atoms with Crippen LogP contribution in [0.1, 0.15) is 79.6 Å². The van der Waals surface area contributed by atoms with Crippen molar-refractivity contribution in [1.82, 2.24) is 44.8 Å². The highest BCUT2D eigenvalue weighted by atomic mass is 79.9. The van der Waals surface area contributed by atoms with Gasteiger partial charge in [0.1, 0.15) is 47.8 Å². The summed E-state index contributed by atoms with van der Waals surface area (Å²) in [7, 11) is -9.01. The first-order valence-electron chi connectivity index (χ1n) is 25.9. The summed E-state index contributed by atoms with van der Waals surface area (Å²) >= 11 is 5.47. The Kier molecular flexibility index (Phi) is 19.9. The Morgan fingerprint density at radius 1 is 0.756 bits per heavy atom. The lowest BCUT2D eigenvalue weighted by atomic mass is 9.87. The molecule has 4 aromatic heterocycles. The molecule has 8 rings (SSSR count). The number of nitrogens with zero attached hydrogens (tertiary/aromatic N) is 7. The number of nitriles is 2. The van der Waals surface area contributed by atoms with Gasteiger partial charge in [-0.05, 0) is 71.7 Å². The van der Waals surface area contributed by atoms with Crippen LogP contribution in [0.15, 0.2) is 27.9 Å². The molecule has 0 saturated carbocycles. The molecule has 4 fully saturated rings. The monoisotopic (exact) mass is 1390 g/mol. The molecule has 4 aliphatic heterocycles. The molecule has 4 unspecified atom stereocenters. The number of fused-ring (bicyclic) bond motifs is 2. The van der Waals surface area contributed by atoms with Gasteiger partial charge in [-0.2, -0.15) is 10.5 Å². The van der Waals surface area contributed by atoms with Crippen LogP contribution in [0.2, 0.25) is 0 Å². The minimum Gasteiger partial charge on any atom is -0.463 e. The zero-order valence-corrected chi connectivity index (χ0v) is 51.9. The Morgan fingerprint density at radius 3 is 1.60 bits per heavy atom. The molecule has 10 N–H and O–H groups in total. The molecule has 4 saturated heterocycles. The van der Waals surface area contributed by atoms with Gasteiger partial charge in [0.05, 0.1) is 63.4 Å². The number of esters is 2. The largest absolute Gasteiger partial charge is 0.475 e. The smallest absolute Gasteiger partial charge is 0.463 e. The van der Waals surface area contributed by atoms with Crippen molar-refractivity contribution in [2.24, 2.45) is 10.8 Å².